The topological polar surface area (TPSA) is 110 Å². The minimum absolute atomic E-state index is 0.357. The number of carbonyl (C=O) groups excluding carboxylic acids is 1. The second-order valence-electron chi connectivity index (χ2n) is 19.9. The van der Waals surface area contributed by atoms with E-state index in [1.165, 1.54) is 193 Å². The van der Waals surface area contributed by atoms with E-state index in [4.69, 9.17) is 0 Å². The summed E-state index contributed by atoms with van der Waals surface area (Å²) in [5.74, 6) is -0.600. The molecule has 0 aromatic carbocycles. The smallest absolute Gasteiger partial charge is 0.249 e. The summed E-state index contributed by atoms with van der Waals surface area (Å²) in [5, 5.41) is 43.8. The highest BCUT2D eigenvalue weighted by molar-refractivity contribution is 5.80. The Morgan fingerprint density at radius 2 is 0.716 bits per heavy atom. The summed E-state index contributed by atoms with van der Waals surface area (Å²) in [6.45, 7) is 3.94. The van der Waals surface area contributed by atoms with Gasteiger partial charge in [0.25, 0.3) is 0 Å². The van der Waals surface area contributed by atoms with Gasteiger partial charge in [0.05, 0.1) is 18.8 Å². The Kier molecular flexibility index (Phi) is 53.3. The van der Waals surface area contributed by atoms with Gasteiger partial charge in [-0.15, -0.1) is 0 Å². The molecule has 392 valence electrons. The third-order valence-corrected chi connectivity index (χ3v) is 13.4. The lowest BCUT2D eigenvalue weighted by atomic mass is 10.00. The monoisotopic (exact) mass is 940 g/mol. The molecule has 0 rings (SSSR count). The highest BCUT2D eigenvalue weighted by Gasteiger charge is 2.28. The summed E-state index contributed by atoms with van der Waals surface area (Å²) in [4.78, 5) is 12.6. The molecule has 0 aliphatic heterocycles. The summed E-state index contributed by atoms with van der Waals surface area (Å²) < 4.78 is 0. The van der Waals surface area contributed by atoms with E-state index >= 15 is 0 Å². The van der Waals surface area contributed by atoms with Crippen LogP contribution < -0.4 is 5.32 Å². The van der Waals surface area contributed by atoms with E-state index < -0.39 is 36.9 Å². The summed E-state index contributed by atoms with van der Waals surface area (Å²) >= 11 is 0. The molecule has 0 radical (unpaired) electrons. The summed E-state index contributed by atoms with van der Waals surface area (Å²) in [6.07, 6.45) is 71.8. The van der Waals surface area contributed by atoms with Gasteiger partial charge in [-0.25, -0.2) is 0 Å². The van der Waals surface area contributed by atoms with Gasteiger partial charge in [-0.05, 0) is 89.9 Å². The van der Waals surface area contributed by atoms with Crippen LogP contribution in [0.15, 0.2) is 60.8 Å². The summed E-state index contributed by atoms with van der Waals surface area (Å²) in [7, 11) is 0. The third-order valence-electron chi connectivity index (χ3n) is 13.4. The van der Waals surface area contributed by atoms with E-state index in [0.717, 1.165) is 64.2 Å². The zero-order chi connectivity index (χ0) is 48.8. The molecule has 6 nitrogen and oxygen atoms in total. The van der Waals surface area contributed by atoms with Gasteiger partial charge in [0.15, 0.2) is 0 Å². The van der Waals surface area contributed by atoms with E-state index in [1.54, 1.807) is 0 Å². The lowest BCUT2D eigenvalue weighted by Crippen LogP contribution is -2.53. The molecule has 0 heterocycles. The second kappa shape index (κ2) is 54.9. The number of unbranched alkanes of at least 4 members (excludes halogenated alkanes) is 34. The van der Waals surface area contributed by atoms with Gasteiger partial charge in [0, 0.05) is 0 Å². The molecular weight excluding hydrogens is 827 g/mol. The second-order valence-corrected chi connectivity index (χ2v) is 19.9. The summed E-state index contributed by atoms with van der Waals surface area (Å²) in [5.41, 5.74) is 0. The van der Waals surface area contributed by atoms with Gasteiger partial charge in [-0.3, -0.25) is 4.79 Å². The fraction of sp³-hybridized carbons (Fsp3) is 0.820. The molecule has 0 aromatic rings. The van der Waals surface area contributed by atoms with E-state index in [1.807, 2.05) is 0 Å². The fourth-order valence-corrected chi connectivity index (χ4v) is 8.89. The van der Waals surface area contributed by atoms with Crippen molar-refractivity contribution in [3.05, 3.63) is 60.8 Å². The molecule has 0 aromatic heterocycles. The normalized spacial score (nSPS) is 14.2. The van der Waals surface area contributed by atoms with Crippen molar-refractivity contribution in [2.75, 3.05) is 6.61 Å². The molecule has 67 heavy (non-hydrogen) atoms. The minimum atomic E-state index is -1.29. The fourth-order valence-electron chi connectivity index (χ4n) is 8.89. The molecule has 0 aliphatic rings. The van der Waals surface area contributed by atoms with Crippen molar-refractivity contribution in [1.82, 2.24) is 5.32 Å². The van der Waals surface area contributed by atoms with Crippen molar-refractivity contribution in [3.63, 3.8) is 0 Å². The Bertz CT molecular complexity index is 1150. The van der Waals surface area contributed by atoms with Crippen LogP contribution in [0.4, 0.5) is 0 Å². The quantitative estimate of drug-likeness (QED) is 0.0308. The number of rotatable bonds is 53. The lowest BCUT2D eigenvalue weighted by Gasteiger charge is -2.27. The van der Waals surface area contributed by atoms with Crippen LogP contribution in [0.2, 0.25) is 0 Å². The first kappa shape index (κ1) is 65.0. The first-order valence-electron chi connectivity index (χ1n) is 29.2. The molecule has 0 spiro atoms. The zero-order valence-electron chi connectivity index (χ0n) is 44.4. The standard InChI is InChI=1S/C61H113NO5/c1-3-5-7-9-11-13-15-17-18-19-20-21-22-23-24-25-26-27-28-29-30-31-32-33-34-35-36-37-38-39-40-41-43-45-47-49-51-53-55-59(65)61(67)62-57(56-63)60(66)58(64)54-52-50-48-46-44-42-16-14-12-10-8-6-4-2/h6,8,14,16,26-27,29-30,46,48,57-60,63-66H,3-5,7,9-13,15,17-25,28,31-45,47,49-56H2,1-2H3,(H,62,67)/b8-6+,16-14+,27-26-,30-29-,48-46+. The molecule has 0 saturated heterocycles. The van der Waals surface area contributed by atoms with E-state index in [0.29, 0.717) is 19.3 Å². The largest absolute Gasteiger partial charge is 0.394 e. The third kappa shape index (κ3) is 48.8. The molecule has 6 heteroatoms. The van der Waals surface area contributed by atoms with Gasteiger partial charge in [-0.2, -0.15) is 0 Å². The number of hydrogen-bond acceptors (Lipinski definition) is 5. The number of nitrogens with one attached hydrogen (secondary N) is 1. The predicted molar refractivity (Wildman–Crippen MR) is 293 cm³/mol. The van der Waals surface area contributed by atoms with Gasteiger partial charge >= 0.3 is 0 Å². The first-order valence-corrected chi connectivity index (χ1v) is 29.2. The van der Waals surface area contributed by atoms with Crippen molar-refractivity contribution >= 4 is 5.91 Å². The Hall–Kier alpha value is -1.99. The number of amides is 1. The molecule has 1 amide bonds. The molecule has 4 atom stereocenters. The number of aliphatic hydroxyl groups is 4. The average Bonchev–Trinajstić information content (AvgIpc) is 3.33. The van der Waals surface area contributed by atoms with Gasteiger partial charge in [0.1, 0.15) is 12.2 Å². The van der Waals surface area contributed by atoms with Crippen molar-refractivity contribution in [3.8, 4) is 0 Å². The molecule has 5 N–H and O–H groups in total. The number of carbonyl (C=O) groups is 1. The predicted octanol–water partition coefficient (Wildman–Crippen LogP) is 17.1. The first-order chi connectivity index (χ1) is 33.0. The van der Waals surface area contributed by atoms with E-state index in [9.17, 15) is 25.2 Å². The molecule has 0 aliphatic carbocycles. The molecule has 4 unspecified atom stereocenters. The van der Waals surface area contributed by atoms with Crippen LogP contribution in [-0.2, 0) is 4.79 Å². The number of aliphatic hydroxyl groups excluding tert-OH is 4. The summed E-state index contributed by atoms with van der Waals surface area (Å²) in [6, 6.07) is -1.01. The van der Waals surface area contributed by atoms with Crippen LogP contribution >= 0.6 is 0 Å². The maximum atomic E-state index is 12.6. The highest BCUT2D eigenvalue weighted by atomic mass is 16.3. The Balaban J connectivity index is 3.56. The SMILES string of the molecule is CC/C=C/CC/C=C/CC/C=C/CCCC(O)C(O)C(CO)NC(=O)C(O)CCCCCCCCCCCCCCCCCC/C=C\C/C=C\CCCCCCCCCCCCCCCCC. The van der Waals surface area contributed by atoms with Crippen molar-refractivity contribution in [2.24, 2.45) is 0 Å². The van der Waals surface area contributed by atoms with Gasteiger partial charge in [-0.1, -0.05) is 261 Å². The maximum absolute atomic E-state index is 12.6. The Morgan fingerprint density at radius 3 is 1.10 bits per heavy atom. The van der Waals surface area contributed by atoms with Gasteiger partial charge in [0.2, 0.25) is 5.91 Å². The minimum Gasteiger partial charge on any atom is -0.394 e. The number of allylic oxidation sites excluding steroid dienone is 10. The van der Waals surface area contributed by atoms with Crippen LogP contribution in [0.5, 0.6) is 0 Å². The highest BCUT2D eigenvalue weighted by Crippen LogP contribution is 2.17. The van der Waals surface area contributed by atoms with Crippen LogP contribution in [0.3, 0.4) is 0 Å². The Labute approximate surface area is 416 Å². The number of hydrogen-bond donors (Lipinski definition) is 5. The zero-order valence-corrected chi connectivity index (χ0v) is 44.4. The Morgan fingerprint density at radius 1 is 0.388 bits per heavy atom. The van der Waals surface area contributed by atoms with Crippen LogP contribution in [0.1, 0.15) is 290 Å². The van der Waals surface area contributed by atoms with Crippen molar-refractivity contribution < 1.29 is 25.2 Å². The molecule has 0 saturated carbocycles. The molecular formula is C61H113NO5. The van der Waals surface area contributed by atoms with E-state index in [-0.39, 0.29) is 0 Å². The molecule has 0 bridgehead atoms. The lowest BCUT2D eigenvalue weighted by molar-refractivity contribution is -0.132. The maximum Gasteiger partial charge on any atom is 0.249 e. The van der Waals surface area contributed by atoms with Gasteiger partial charge < -0.3 is 25.7 Å². The van der Waals surface area contributed by atoms with Crippen LogP contribution in [0, 0.1) is 0 Å². The average molecular weight is 941 g/mol. The van der Waals surface area contributed by atoms with Crippen LogP contribution in [0.25, 0.3) is 0 Å². The van der Waals surface area contributed by atoms with Crippen molar-refractivity contribution in [1.29, 1.82) is 0 Å². The van der Waals surface area contributed by atoms with Crippen molar-refractivity contribution in [2.45, 2.75) is 314 Å². The molecule has 0 fully saturated rings. The van der Waals surface area contributed by atoms with Crippen LogP contribution in [-0.4, -0.2) is 57.3 Å². The van der Waals surface area contributed by atoms with E-state index in [2.05, 4.69) is 79.9 Å².